The summed E-state index contributed by atoms with van der Waals surface area (Å²) in [6.45, 7) is 0. The van der Waals surface area contributed by atoms with Gasteiger partial charge in [-0.15, -0.1) is 0 Å². The van der Waals surface area contributed by atoms with E-state index in [0.717, 1.165) is 0 Å². The van der Waals surface area contributed by atoms with Gasteiger partial charge in [-0.2, -0.15) is 0 Å². The van der Waals surface area contributed by atoms with Gasteiger partial charge in [0.25, 0.3) is 0 Å². The normalized spacial score (nSPS) is 7.17. The minimum atomic E-state index is -1.37. The van der Waals surface area contributed by atoms with E-state index < -0.39 is 11.9 Å². The highest BCUT2D eigenvalue weighted by molar-refractivity contribution is 6.30. The van der Waals surface area contributed by atoms with Crippen LogP contribution >= 0.6 is 0 Å². The smallest absolute Gasteiger partial charge is 0.379 e. The van der Waals surface area contributed by atoms with E-state index in [2.05, 4.69) is 9.47 Å². The highest BCUT2D eigenvalue weighted by Gasteiger charge is 2.05. The second-order valence-electron chi connectivity index (χ2n) is 1.38. The van der Waals surface area contributed by atoms with E-state index in [4.69, 9.17) is 0 Å². The first-order chi connectivity index (χ1) is 5.62. The summed E-state index contributed by atoms with van der Waals surface area (Å²) in [6.07, 6.45) is -0.414. The van der Waals surface area contributed by atoms with Gasteiger partial charge in [-0.1, -0.05) is 0 Å². The van der Waals surface area contributed by atoms with Crippen molar-refractivity contribution in [2.24, 2.45) is 0 Å². The molecule has 68 valence electrons. The standard InChI is InChI=1S/C4H2O5.C2H6O/c5-1-3(7)9-4(8)2-6;1-3-2/h1-2H;1-2H3. The molecule has 6 heteroatoms. The monoisotopic (exact) mass is 176 g/mol. The van der Waals surface area contributed by atoms with Gasteiger partial charge >= 0.3 is 11.9 Å². The van der Waals surface area contributed by atoms with Crippen LogP contribution in [0.25, 0.3) is 0 Å². The van der Waals surface area contributed by atoms with Crippen LogP contribution in [0.5, 0.6) is 0 Å². The lowest BCUT2D eigenvalue weighted by Gasteiger charge is -1.85. The molecule has 0 amide bonds. The Bertz CT molecular complexity index is 155. The molecule has 0 bridgehead atoms. The Balaban J connectivity index is 0. The number of esters is 2. The summed E-state index contributed by atoms with van der Waals surface area (Å²) in [5, 5.41) is 0. The molecule has 0 unspecified atom stereocenters. The Kier molecular flexibility index (Phi) is 10.3. The first-order valence-electron chi connectivity index (χ1n) is 2.68. The fourth-order valence-electron chi connectivity index (χ4n) is 0.147. The topological polar surface area (TPSA) is 86.7 Å². The summed E-state index contributed by atoms with van der Waals surface area (Å²) < 4.78 is 7.78. The molecular weight excluding hydrogens is 168 g/mol. The van der Waals surface area contributed by atoms with Crippen molar-refractivity contribution in [1.82, 2.24) is 0 Å². The molecule has 0 spiro atoms. The number of aldehydes is 2. The predicted octanol–water partition coefficient (Wildman–Crippen LogP) is -1.28. The Morgan fingerprint density at radius 1 is 1.00 bits per heavy atom. The van der Waals surface area contributed by atoms with Crippen molar-refractivity contribution in [3.8, 4) is 0 Å². The number of rotatable bonds is 2. The van der Waals surface area contributed by atoms with Gasteiger partial charge in [0.15, 0.2) is 0 Å². The lowest BCUT2D eigenvalue weighted by Crippen LogP contribution is -2.13. The van der Waals surface area contributed by atoms with E-state index in [0.29, 0.717) is 0 Å². The lowest BCUT2D eigenvalue weighted by atomic mass is 10.7. The minimum absolute atomic E-state index is 0.207. The second-order valence-corrected chi connectivity index (χ2v) is 1.38. The molecule has 0 aliphatic rings. The summed E-state index contributed by atoms with van der Waals surface area (Å²) in [4.78, 5) is 38.4. The van der Waals surface area contributed by atoms with Crippen LogP contribution in [0.4, 0.5) is 0 Å². The van der Waals surface area contributed by atoms with E-state index in [9.17, 15) is 19.2 Å². The zero-order valence-corrected chi connectivity index (χ0v) is 6.60. The first kappa shape index (κ1) is 13.1. The number of carbonyl (C=O) groups excluding carboxylic acids is 4. The highest BCUT2D eigenvalue weighted by atomic mass is 16.6. The predicted molar refractivity (Wildman–Crippen MR) is 36.2 cm³/mol. The van der Waals surface area contributed by atoms with E-state index >= 15 is 0 Å². The molecule has 0 aliphatic carbocycles. The number of methoxy groups -OCH3 is 1. The Labute approximate surface area is 68.4 Å². The maximum atomic E-state index is 9.81. The first-order valence-corrected chi connectivity index (χ1v) is 2.68. The Morgan fingerprint density at radius 2 is 1.25 bits per heavy atom. The molecule has 12 heavy (non-hydrogen) atoms. The number of ether oxygens (including phenoxy) is 2. The van der Waals surface area contributed by atoms with Crippen molar-refractivity contribution in [3.05, 3.63) is 0 Å². The summed E-state index contributed by atoms with van der Waals surface area (Å²) in [5.74, 6) is -2.74. The molecule has 0 N–H and O–H groups in total. The van der Waals surface area contributed by atoms with E-state index in [1.165, 1.54) is 0 Å². The molecule has 0 aromatic carbocycles. The van der Waals surface area contributed by atoms with E-state index in [1.54, 1.807) is 14.2 Å². The minimum Gasteiger partial charge on any atom is -0.388 e. The van der Waals surface area contributed by atoms with Gasteiger partial charge in [0, 0.05) is 14.2 Å². The van der Waals surface area contributed by atoms with Gasteiger partial charge in [-0.05, 0) is 0 Å². The van der Waals surface area contributed by atoms with Crippen molar-refractivity contribution >= 4 is 24.5 Å². The molecule has 0 rings (SSSR count). The Hall–Kier alpha value is -1.56. The van der Waals surface area contributed by atoms with Crippen molar-refractivity contribution in [1.29, 1.82) is 0 Å². The molecule has 0 radical (unpaired) electrons. The highest BCUT2D eigenvalue weighted by Crippen LogP contribution is 1.71. The maximum absolute atomic E-state index is 9.81. The Morgan fingerprint density at radius 3 is 1.42 bits per heavy atom. The third kappa shape index (κ3) is 11.3. The van der Waals surface area contributed by atoms with Crippen LogP contribution in [-0.2, 0) is 28.7 Å². The van der Waals surface area contributed by atoms with Gasteiger partial charge in [-0.25, -0.2) is 9.59 Å². The van der Waals surface area contributed by atoms with E-state index in [1.807, 2.05) is 0 Å². The second kappa shape index (κ2) is 9.44. The average molecular weight is 176 g/mol. The van der Waals surface area contributed by atoms with Crippen LogP contribution in [0.15, 0.2) is 0 Å². The van der Waals surface area contributed by atoms with Gasteiger partial charge in [-0.3, -0.25) is 9.59 Å². The van der Waals surface area contributed by atoms with Crippen LogP contribution in [0.3, 0.4) is 0 Å². The van der Waals surface area contributed by atoms with Gasteiger partial charge in [0.2, 0.25) is 12.6 Å². The number of hydrogen-bond acceptors (Lipinski definition) is 6. The molecule has 0 fully saturated rings. The van der Waals surface area contributed by atoms with Crippen LogP contribution in [0.2, 0.25) is 0 Å². The van der Waals surface area contributed by atoms with Crippen LogP contribution in [-0.4, -0.2) is 38.7 Å². The van der Waals surface area contributed by atoms with Crippen molar-refractivity contribution in [2.75, 3.05) is 14.2 Å². The SMILES string of the molecule is COC.O=CC(=O)OC(=O)C=O. The van der Waals surface area contributed by atoms with Gasteiger partial charge in [0.1, 0.15) is 0 Å². The number of hydrogen-bond donors (Lipinski definition) is 0. The summed E-state index contributed by atoms with van der Waals surface area (Å²) in [6, 6.07) is 0. The zero-order chi connectivity index (χ0) is 9.98. The molecule has 0 heterocycles. The summed E-state index contributed by atoms with van der Waals surface area (Å²) >= 11 is 0. The van der Waals surface area contributed by atoms with Crippen LogP contribution in [0.1, 0.15) is 0 Å². The molecule has 0 saturated heterocycles. The van der Waals surface area contributed by atoms with Gasteiger partial charge < -0.3 is 9.47 Å². The molecule has 0 saturated carbocycles. The third-order valence-electron chi connectivity index (χ3n) is 0.394. The summed E-state index contributed by atoms with van der Waals surface area (Å²) in [7, 11) is 3.25. The van der Waals surface area contributed by atoms with E-state index in [-0.39, 0.29) is 12.6 Å². The van der Waals surface area contributed by atoms with Crippen molar-refractivity contribution < 1.29 is 28.7 Å². The van der Waals surface area contributed by atoms with Gasteiger partial charge in [0.05, 0.1) is 0 Å². The van der Waals surface area contributed by atoms with Crippen molar-refractivity contribution in [3.63, 3.8) is 0 Å². The molecule has 0 atom stereocenters. The molecule has 0 aliphatic heterocycles. The summed E-state index contributed by atoms with van der Waals surface area (Å²) in [5.41, 5.74) is 0. The van der Waals surface area contributed by atoms with Crippen LogP contribution < -0.4 is 0 Å². The fraction of sp³-hybridized carbons (Fsp3) is 0.333. The molecule has 0 aromatic heterocycles. The molecular formula is C6H8O6. The zero-order valence-electron chi connectivity index (χ0n) is 6.60. The average Bonchev–Trinajstić information content (AvgIpc) is 2.05. The third-order valence-corrected chi connectivity index (χ3v) is 0.394. The lowest BCUT2D eigenvalue weighted by molar-refractivity contribution is -0.162. The molecule has 6 nitrogen and oxygen atoms in total. The maximum Gasteiger partial charge on any atom is 0.379 e. The number of carbonyl (C=O) groups is 4. The largest absolute Gasteiger partial charge is 0.388 e. The fourth-order valence-corrected chi connectivity index (χ4v) is 0.147. The molecule has 0 aromatic rings. The van der Waals surface area contributed by atoms with Crippen molar-refractivity contribution in [2.45, 2.75) is 0 Å². The van der Waals surface area contributed by atoms with Crippen LogP contribution in [0, 0.1) is 0 Å². The quantitative estimate of drug-likeness (QED) is 0.225.